The molecule has 0 aliphatic carbocycles. The van der Waals surface area contributed by atoms with E-state index in [9.17, 15) is 4.79 Å². The molecule has 0 aromatic heterocycles. The molecular formula is C17H27ClN2O2. The van der Waals surface area contributed by atoms with Crippen molar-refractivity contribution in [2.24, 2.45) is 0 Å². The van der Waals surface area contributed by atoms with Gasteiger partial charge in [-0.25, -0.2) is 0 Å². The quantitative estimate of drug-likeness (QED) is 0.817. The molecule has 5 heteroatoms. The summed E-state index contributed by atoms with van der Waals surface area (Å²) >= 11 is 0. The highest BCUT2D eigenvalue weighted by atomic mass is 35.5. The van der Waals surface area contributed by atoms with Crippen LogP contribution in [0.5, 0.6) is 5.75 Å². The van der Waals surface area contributed by atoms with E-state index in [-0.39, 0.29) is 18.3 Å². The summed E-state index contributed by atoms with van der Waals surface area (Å²) in [6.07, 6.45) is 4.24. The standard InChI is InChI=1S/C17H26N2O2.ClH/c1-3-4-13-21-16-7-5-14(6-8-16)17(20)19-11-9-15(18-2)10-12-19;/h5-8,15,18H,3-4,9-13H2,1-2H3;1H. The van der Waals surface area contributed by atoms with Crippen molar-refractivity contribution >= 4 is 18.3 Å². The van der Waals surface area contributed by atoms with Crippen LogP contribution in [0.1, 0.15) is 43.0 Å². The average molecular weight is 327 g/mol. The van der Waals surface area contributed by atoms with Gasteiger partial charge in [0.15, 0.2) is 0 Å². The molecule has 0 unspecified atom stereocenters. The van der Waals surface area contributed by atoms with Crippen LogP contribution < -0.4 is 10.1 Å². The Balaban J connectivity index is 0.00000242. The van der Waals surface area contributed by atoms with Gasteiger partial charge in [-0.2, -0.15) is 0 Å². The third-order valence-electron chi connectivity index (χ3n) is 4.06. The number of amides is 1. The fourth-order valence-electron chi connectivity index (χ4n) is 2.58. The number of likely N-dealkylation sites (tertiary alicyclic amines) is 1. The van der Waals surface area contributed by atoms with Crippen molar-refractivity contribution in [1.82, 2.24) is 10.2 Å². The van der Waals surface area contributed by atoms with Gasteiger partial charge in [0.2, 0.25) is 0 Å². The molecule has 1 N–H and O–H groups in total. The van der Waals surface area contributed by atoms with Crippen LogP contribution in [0, 0.1) is 0 Å². The first-order chi connectivity index (χ1) is 10.2. The van der Waals surface area contributed by atoms with E-state index in [1.807, 2.05) is 36.2 Å². The summed E-state index contributed by atoms with van der Waals surface area (Å²) in [5.74, 6) is 0.971. The van der Waals surface area contributed by atoms with Gasteiger partial charge in [0, 0.05) is 24.7 Å². The van der Waals surface area contributed by atoms with Crippen LogP contribution in [-0.4, -0.2) is 43.6 Å². The molecule has 1 saturated heterocycles. The molecule has 124 valence electrons. The van der Waals surface area contributed by atoms with Gasteiger partial charge < -0.3 is 15.0 Å². The first kappa shape index (κ1) is 18.8. The molecule has 0 atom stereocenters. The molecule has 1 fully saturated rings. The molecule has 1 aromatic carbocycles. The van der Waals surface area contributed by atoms with E-state index >= 15 is 0 Å². The molecule has 0 saturated carbocycles. The number of piperidine rings is 1. The van der Waals surface area contributed by atoms with Gasteiger partial charge in [-0.3, -0.25) is 4.79 Å². The number of hydrogen-bond acceptors (Lipinski definition) is 3. The second-order valence-corrected chi connectivity index (χ2v) is 5.58. The zero-order valence-electron chi connectivity index (χ0n) is 13.5. The minimum atomic E-state index is 0. The maximum Gasteiger partial charge on any atom is 0.253 e. The molecule has 4 nitrogen and oxygen atoms in total. The summed E-state index contributed by atoms with van der Waals surface area (Å²) in [5, 5.41) is 3.28. The van der Waals surface area contributed by atoms with Crippen LogP contribution in [0.15, 0.2) is 24.3 Å². The van der Waals surface area contributed by atoms with Gasteiger partial charge in [-0.15, -0.1) is 12.4 Å². The van der Waals surface area contributed by atoms with E-state index in [0.29, 0.717) is 6.04 Å². The molecule has 1 aromatic rings. The Kier molecular flexibility index (Phi) is 8.28. The van der Waals surface area contributed by atoms with Gasteiger partial charge >= 0.3 is 0 Å². The van der Waals surface area contributed by atoms with Gasteiger partial charge in [-0.05, 0) is 50.6 Å². The van der Waals surface area contributed by atoms with Crippen LogP contribution in [0.4, 0.5) is 0 Å². The highest BCUT2D eigenvalue weighted by Crippen LogP contribution is 2.17. The van der Waals surface area contributed by atoms with Gasteiger partial charge in [0.1, 0.15) is 5.75 Å². The van der Waals surface area contributed by atoms with E-state index in [0.717, 1.165) is 56.7 Å². The Morgan fingerprint density at radius 2 is 1.91 bits per heavy atom. The van der Waals surface area contributed by atoms with Crippen molar-refractivity contribution in [2.45, 2.75) is 38.6 Å². The van der Waals surface area contributed by atoms with E-state index in [4.69, 9.17) is 4.74 Å². The Hall–Kier alpha value is -1.26. The van der Waals surface area contributed by atoms with Crippen LogP contribution in [0.3, 0.4) is 0 Å². The monoisotopic (exact) mass is 326 g/mol. The van der Waals surface area contributed by atoms with Crippen molar-refractivity contribution in [2.75, 3.05) is 26.7 Å². The van der Waals surface area contributed by atoms with Crippen LogP contribution in [0.2, 0.25) is 0 Å². The largest absolute Gasteiger partial charge is 0.494 e. The van der Waals surface area contributed by atoms with Crippen molar-refractivity contribution < 1.29 is 9.53 Å². The number of nitrogens with zero attached hydrogens (tertiary/aromatic N) is 1. The van der Waals surface area contributed by atoms with Gasteiger partial charge in [-0.1, -0.05) is 13.3 Å². The fourth-order valence-corrected chi connectivity index (χ4v) is 2.58. The Morgan fingerprint density at radius 3 is 2.45 bits per heavy atom. The maximum atomic E-state index is 12.4. The molecule has 0 radical (unpaired) electrons. The lowest BCUT2D eigenvalue weighted by Crippen LogP contribution is -2.43. The molecule has 22 heavy (non-hydrogen) atoms. The van der Waals surface area contributed by atoms with Crippen molar-refractivity contribution in [1.29, 1.82) is 0 Å². The summed E-state index contributed by atoms with van der Waals surface area (Å²) in [5.41, 5.74) is 0.751. The number of rotatable bonds is 6. The minimum Gasteiger partial charge on any atom is -0.494 e. The number of carbonyl (C=O) groups is 1. The zero-order valence-corrected chi connectivity index (χ0v) is 14.3. The fraction of sp³-hybridized carbons (Fsp3) is 0.588. The third-order valence-corrected chi connectivity index (χ3v) is 4.06. The van der Waals surface area contributed by atoms with Crippen molar-refractivity contribution in [3.8, 4) is 5.75 Å². The Labute approximate surface area is 139 Å². The molecule has 0 bridgehead atoms. The number of unbranched alkanes of at least 4 members (excludes halogenated alkanes) is 1. The normalized spacial score (nSPS) is 15.3. The number of hydrogen-bond donors (Lipinski definition) is 1. The minimum absolute atomic E-state index is 0. The van der Waals surface area contributed by atoms with Gasteiger partial charge in [0.05, 0.1) is 6.61 Å². The summed E-state index contributed by atoms with van der Waals surface area (Å²) in [4.78, 5) is 14.4. The summed E-state index contributed by atoms with van der Waals surface area (Å²) in [7, 11) is 1.99. The molecule has 0 spiro atoms. The topological polar surface area (TPSA) is 41.6 Å². The molecule has 1 aliphatic rings. The SMILES string of the molecule is CCCCOc1ccc(C(=O)N2CCC(NC)CC2)cc1.Cl. The molecule has 2 rings (SSSR count). The number of carbonyl (C=O) groups excluding carboxylic acids is 1. The Bertz CT molecular complexity index is 442. The number of nitrogens with one attached hydrogen (secondary N) is 1. The lowest BCUT2D eigenvalue weighted by molar-refractivity contribution is 0.0707. The predicted octanol–water partition coefficient (Wildman–Crippen LogP) is 3.11. The smallest absolute Gasteiger partial charge is 0.253 e. The molecule has 1 heterocycles. The van der Waals surface area contributed by atoms with Crippen molar-refractivity contribution in [3.05, 3.63) is 29.8 Å². The summed E-state index contributed by atoms with van der Waals surface area (Å²) in [6.45, 7) is 4.54. The highest BCUT2D eigenvalue weighted by molar-refractivity contribution is 5.94. The summed E-state index contributed by atoms with van der Waals surface area (Å²) < 4.78 is 5.62. The van der Waals surface area contributed by atoms with Crippen LogP contribution >= 0.6 is 12.4 Å². The Morgan fingerprint density at radius 1 is 1.27 bits per heavy atom. The molecule has 1 aliphatic heterocycles. The van der Waals surface area contributed by atoms with Gasteiger partial charge in [0.25, 0.3) is 5.91 Å². The van der Waals surface area contributed by atoms with E-state index in [2.05, 4.69) is 12.2 Å². The van der Waals surface area contributed by atoms with E-state index in [1.54, 1.807) is 0 Å². The number of benzene rings is 1. The van der Waals surface area contributed by atoms with E-state index < -0.39 is 0 Å². The van der Waals surface area contributed by atoms with Crippen molar-refractivity contribution in [3.63, 3.8) is 0 Å². The second-order valence-electron chi connectivity index (χ2n) is 5.58. The number of halogens is 1. The highest BCUT2D eigenvalue weighted by Gasteiger charge is 2.22. The lowest BCUT2D eigenvalue weighted by atomic mass is 10.0. The predicted molar refractivity (Wildman–Crippen MR) is 92.1 cm³/mol. The molecule has 1 amide bonds. The first-order valence-corrected chi connectivity index (χ1v) is 7.94. The van der Waals surface area contributed by atoms with E-state index in [1.165, 1.54) is 0 Å². The average Bonchev–Trinajstić information content (AvgIpc) is 2.55. The zero-order chi connectivity index (χ0) is 15.1. The van der Waals surface area contributed by atoms with Crippen LogP contribution in [0.25, 0.3) is 0 Å². The number of ether oxygens (including phenoxy) is 1. The summed E-state index contributed by atoms with van der Waals surface area (Å²) in [6, 6.07) is 8.07. The second kappa shape index (κ2) is 9.70. The molecular weight excluding hydrogens is 300 g/mol. The maximum absolute atomic E-state index is 12.4. The lowest BCUT2D eigenvalue weighted by Gasteiger charge is -2.31. The van der Waals surface area contributed by atoms with Crippen LogP contribution in [-0.2, 0) is 0 Å². The third kappa shape index (κ3) is 5.18. The first-order valence-electron chi connectivity index (χ1n) is 7.94.